The molecule has 28 heavy (non-hydrogen) atoms. The zero-order valence-electron chi connectivity index (χ0n) is 17.0. The van der Waals surface area contributed by atoms with Crippen molar-refractivity contribution in [1.29, 1.82) is 0 Å². The van der Waals surface area contributed by atoms with Crippen LogP contribution in [0, 0.1) is 5.41 Å². The van der Waals surface area contributed by atoms with Gasteiger partial charge in [0.25, 0.3) is 0 Å². The summed E-state index contributed by atoms with van der Waals surface area (Å²) in [6.07, 6.45) is 9.16. The number of nitrogens with zero attached hydrogens (tertiary/aromatic N) is 4. The van der Waals surface area contributed by atoms with Crippen molar-refractivity contribution in [3.63, 3.8) is 0 Å². The number of aromatic nitrogens is 2. The second-order valence-corrected chi connectivity index (χ2v) is 8.83. The lowest BCUT2D eigenvalue weighted by molar-refractivity contribution is -0.145. The van der Waals surface area contributed by atoms with Crippen LogP contribution < -0.4 is 0 Å². The Morgan fingerprint density at radius 2 is 2.07 bits per heavy atom. The molecule has 4 heterocycles. The minimum absolute atomic E-state index is 0.222. The molecule has 0 saturated carbocycles. The topological polar surface area (TPSA) is 41.4 Å². The van der Waals surface area contributed by atoms with Gasteiger partial charge in [-0.05, 0) is 43.2 Å². The molecule has 2 bridgehead atoms. The summed E-state index contributed by atoms with van der Waals surface area (Å²) in [6, 6.07) is 9.45. The molecule has 0 radical (unpaired) electrons. The number of benzene rings is 1. The normalized spacial score (nSPS) is 29.3. The number of rotatable bonds is 4. The molecular weight excluding hydrogens is 348 g/mol. The van der Waals surface area contributed by atoms with E-state index in [1.54, 1.807) is 0 Å². The Bertz CT molecular complexity index is 890. The van der Waals surface area contributed by atoms with Gasteiger partial charge in [-0.15, -0.1) is 0 Å². The van der Waals surface area contributed by atoms with Crippen LogP contribution >= 0.6 is 0 Å². The SMILES string of the molecule is CC[C@@]1(C(=O)N2CCc3ccccc3C2)C[C@@H]2CC[C@H]1N2Cc1nccn1C. The van der Waals surface area contributed by atoms with Crippen molar-refractivity contribution in [1.82, 2.24) is 19.4 Å². The number of amides is 1. The second kappa shape index (κ2) is 6.73. The fraction of sp³-hybridized carbons (Fsp3) is 0.565. The largest absolute Gasteiger partial charge is 0.337 e. The zero-order valence-corrected chi connectivity index (χ0v) is 17.0. The molecule has 148 valence electrons. The van der Waals surface area contributed by atoms with E-state index in [1.807, 2.05) is 12.4 Å². The van der Waals surface area contributed by atoms with Gasteiger partial charge in [-0.25, -0.2) is 4.98 Å². The molecule has 2 saturated heterocycles. The van der Waals surface area contributed by atoms with Gasteiger partial charge in [0.1, 0.15) is 5.82 Å². The van der Waals surface area contributed by atoms with Gasteiger partial charge < -0.3 is 9.47 Å². The lowest BCUT2D eigenvalue weighted by Crippen LogP contribution is -2.51. The lowest BCUT2D eigenvalue weighted by Gasteiger charge is -2.41. The van der Waals surface area contributed by atoms with E-state index in [0.29, 0.717) is 18.0 Å². The van der Waals surface area contributed by atoms with Crippen molar-refractivity contribution in [3.05, 3.63) is 53.6 Å². The summed E-state index contributed by atoms with van der Waals surface area (Å²) in [5.41, 5.74) is 2.50. The van der Waals surface area contributed by atoms with Crippen molar-refractivity contribution < 1.29 is 4.79 Å². The van der Waals surface area contributed by atoms with Crippen molar-refractivity contribution in [2.75, 3.05) is 6.54 Å². The third-order valence-corrected chi connectivity index (χ3v) is 7.60. The van der Waals surface area contributed by atoms with Crippen LogP contribution in [-0.2, 0) is 31.4 Å². The van der Waals surface area contributed by atoms with E-state index in [1.165, 1.54) is 17.5 Å². The molecule has 1 amide bonds. The van der Waals surface area contributed by atoms with Crippen LogP contribution in [0.2, 0.25) is 0 Å². The molecule has 5 heteroatoms. The molecule has 1 aromatic heterocycles. The van der Waals surface area contributed by atoms with Crippen molar-refractivity contribution >= 4 is 5.91 Å². The van der Waals surface area contributed by atoms with Gasteiger partial charge in [0, 0.05) is 44.6 Å². The second-order valence-electron chi connectivity index (χ2n) is 8.83. The zero-order chi connectivity index (χ0) is 19.3. The monoisotopic (exact) mass is 378 g/mol. The third kappa shape index (κ3) is 2.63. The highest BCUT2D eigenvalue weighted by Crippen LogP contribution is 2.53. The summed E-state index contributed by atoms with van der Waals surface area (Å²) in [4.78, 5) is 23.1. The Labute approximate surface area is 167 Å². The smallest absolute Gasteiger partial charge is 0.230 e. The van der Waals surface area contributed by atoms with E-state index in [4.69, 9.17) is 0 Å². The molecule has 2 aromatic rings. The van der Waals surface area contributed by atoms with Crippen LogP contribution in [0.15, 0.2) is 36.7 Å². The van der Waals surface area contributed by atoms with Crippen LogP contribution in [0.5, 0.6) is 0 Å². The molecule has 3 atom stereocenters. The van der Waals surface area contributed by atoms with Crippen LogP contribution in [0.4, 0.5) is 0 Å². The van der Waals surface area contributed by atoms with Crippen LogP contribution in [0.3, 0.4) is 0 Å². The quantitative estimate of drug-likeness (QED) is 0.821. The molecule has 5 rings (SSSR count). The summed E-state index contributed by atoms with van der Waals surface area (Å²) < 4.78 is 2.11. The van der Waals surface area contributed by atoms with E-state index in [0.717, 1.165) is 51.1 Å². The number of fused-ring (bicyclic) bond motifs is 3. The first-order valence-corrected chi connectivity index (χ1v) is 10.7. The highest BCUT2D eigenvalue weighted by atomic mass is 16.2. The predicted octanol–water partition coefficient (Wildman–Crippen LogP) is 3.14. The maximum Gasteiger partial charge on any atom is 0.230 e. The molecule has 2 fully saturated rings. The molecule has 5 nitrogen and oxygen atoms in total. The van der Waals surface area contributed by atoms with Gasteiger partial charge in [0.2, 0.25) is 5.91 Å². The highest BCUT2D eigenvalue weighted by Gasteiger charge is 2.59. The molecule has 0 unspecified atom stereocenters. The predicted molar refractivity (Wildman–Crippen MR) is 108 cm³/mol. The van der Waals surface area contributed by atoms with E-state index >= 15 is 0 Å². The van der Waals surface area contributed by atoms with Crippen LogP contribution in [-0.4, -0.2) is 43.9 Å². The minimum atomic E-state index is -0.222. The number of aryl methyl sites for hydroxylation is 1. The maximum atomic E-state index is 13.8. The van der Waals surface area contributed by atoms with Gasteiger partial charge >= 0.3 is 0 Å². The summed E-state index contributed by atoms with van der Waals surface area (Å²) in [6.45, 7) is 4.70. The van der Waals surface area contributed by atoms with Gasteiger partial charge in [0.05, 0.1) is 12.0 Å². The Morgan fingerprint density at radius 3 is 2.82 bits per heavy atom. The van der Waals surface area contributed by atoms with Gasteiger partial charge in [-0.3, -0.25) is 9.69 Å². The van der Waals surface area contributed by atoms with E-state index in [2.05, 4.69) is 57.6 Å². The Hall–Kier alpha value is -2.14. The minimum Gasteiger partial charge on any atom is -0.337 e. The lowest BCUT2D eigenvalue weighted by atomic mass is 9.70. The number of hydrogen-bond acceptors (Lipinski definition) is 3. The number of hydrogen-bond donors (Lipinski definition) is 0. The first-order valence-electron chi connectivity index (χ1n) is 10.7. The molecule has 0 aliphatic carbocycles. The standard InChI is InChI=1S/C23H30N4O/c1-3-23(22(28)26-12-10-17-6-4-5-7-18(17)15-26)14-19-8-9-20(23)27(19)16-21-24-11-13-25(21)2/h4-7,11,13,19-20H,3,8-10,12,14-16H2,1-2H3/t19-,20+,23+/m0/s1. The Morgan fingerprint density at radius 1 is 1.25 bits per heavy atom. The van der Waals surface area contributed by atoms with E-state index < -0.39 is 0 Å². The summed E-state index contributed by atoms with van der Waals surface area (Å²) in [5.74, 6) is 1.49. The molecule has 3 aliphatic heterocycles. The summed E-state index contributed by atoms with van der Waals surface area (Å²) in [5, 5.41) is 0. The van der Waals surface area contributed by atoms with Crippen LogP contribution in [0.25, 0.3) is 0 Å². The van der Waals surface area contributed by atoms with Gasteiger partial charge in [-0.2, -0.15) is 0 Å². The van der Waals surface area contributed by atoms with Crippen LogP contribution in [0.1, 0.15) is 49.6 Å². The Balaban J connectivity index is 1.39. The molecule has 0 spiro atoms. The third-order valence-electron chi connectivity index (χ3n) is 7.60. The van der Waals surface area contributed by atoms with Crippen molar-refractivity contribution in [3.8, 4) is 0 Å². The van der Waals surface area contributed by atoms with Gasteiger partial charge in [0.15, 0.2) is 0 Å². The maximum absolute atomic E-state index is 13.8. The number of carbonyl (C=O) groups excluding carboxylic acids is 1. The van der Waals surface area contributed by atoms with Gasteiger partial charge in [-0.1, -0.05) is 31.2 Å². The molecule has 0 N–H and O–H groups in total. The average Bonchev–Trinajstić information content (AvgIpc) is 3.41. The fourth-order valence-electron chi connectivity index (χ4n) is 6.00. The van der Waals surface area contributed by atoms with Crippen molar-refractivity contribution in [2.24, 2.45) is 12.5 Å². The number of imidazole rings is 1. The average molecular weight is 379 g/mol. The van der Waals surface area contributed by atoms with E-state index in [9.17, 15) is 4.79 Å². The highest BCUT2D eigenvalue weighted by molar-refractivity contribution is 5.84. The molecule has 3 aliphatic rings. The first-order chi connectivity index (χ1) is 13.6. The fourth-order valence-corrected chi connectivity index (χ4v) is 6.00. The Kier molecular flexibility index (Phi) is 4.31. The molecular formula is C23H30N4O. The summed E-state index contributed by atoms with van der Waals surface area (Å²) in [7, 11) is 2.06. The first kappa shape index (κ1) is 17.9. The van der Waals surface area contributed by atoms with E-state index in [-0.39, 0.29) is 5.41 Å². The number of carbonyl (C=O) groups is 1. The summed E-state index contributed by atoms with van der Waals surface area (Å²) >= 11 is 0. The molecule has 1 aromatic carbocycles. The van der Waals surface area contributed by atoms with Crippen molar-refractivity contribution in [2.45, 2.75) is 64.2 Å².